The van der Waals surface area contributed by atoms with Gasteiger partial charge in [-0.15, -0.1) is 6.58 Å². The van der Waals surface area contributed by atoms with Gasteiger partial charge in [0.1, 0.15) is 18.3 Å². The van der Waals surface area contributed by atoms with Crippen LogP contribution in [0, 0.1) is 0 Å². The number of benzene rings is 2. The van der Waals surface area contributed by atoms with E-state index in [0.717, 1.165) is 33.5 Å². The first-order chi connectivity index (χ1) is 14.6. The number of fused-ring (bicyclic) bond motifs is 4. The molecule has 6 heteroatoms. The van der Waals surface area contributed by atoms with Gasteiger partial charge >= 0.3 is 0 Å². The van der Waals surface area contributed by atoms with E-state index in [-0.39, 0.29) is 24.4 Å². The summed E-state index contributed by atoms with van der Waals surface area (Å²) in [6.45, 7) is 4.17. The Morgan fingerprint density at radius 2 is 2.03 bits per heavy atom. The molecule has 2 amide bonds. The summed E-state index contributed by atoms with van der Waals surface area (Å²) in [5.74, 6) is 0.633. The molecule has 1 fully saturated rings. The number of methoxy groups -OCH3 is 1. The van der Waals surface area contributed by atoms with Gasteiger partial charge in [0, 0.05) is 29.6 Å². The molecule has 0 radical (unpaired) electrons. The lowest BCUT2D eigenvalue weighted by atomic mass is 9.86. The smallest absolute Gasteiger partial charge is 0.246 e. The summed E-state index contributed by atoms with van der Waals surface area (Å²) >= 11 is 0. The molecule has 2 aromatic carbocycles. The Hall–Kier alpha value is -3.54. The highest BCUT2D eigenvalue weighted by Gasteiger charge is 2.47. The molecule has 6 nitrogen and oxygen atoms in total. The van der Waals surface area contributed by atoms with E-state index in [1.54, 1.807) is 23.0 Å². The molecule has 0 bridgehead atoms. The third kappa shape index (κ3) is 2.71. The molecule has 2 unspecified atom stereocenters. The van der Waals surface area contributed by atoms with Crippen LogP contribution in [0.5, 0.6) is 5.75 Å². The number of ether oxygens (including phenoxy) is 1. The Balaban J connectivity index is 1.72. The van der Waals surface area contributed by atoms with E-state index in [9.17, 15) is 9.59 Å². The second kappa shape index (κ2) is 7.06. The molecule has 3 aromatic rings. The molecule has 1 aromatic heterocycles. The minimum absolute atomic E-state index is 0.0293. The highest BCUT2D eigenvalue weighted by Crippen LogP contribution is 2.43. The maximum absolute atomic E-state index is 13.3. The third-order valence-electron chi connectivity index (χ3n) is 6.10. The number of carbonyl (C=O) groups excluding carboxylic acids is 2. The fraction of sp³-hybridized carbons (Fsp3) is 0.250. The largest absolute Gasteiger partial charge is 0.497 e. The van der Waals surface area contributed by atoms with Crippen LogP contribution in [-0.2, 0) is 16.0 Å². The van der Waals surface area contributed by atoms with Gasteiger partial charge in [0.25, 0.3) is 0 Å². The Morgan fingerprint density at radius 3 is 2.83 bits per heavy atom. The fourth-order valence-corrected chi connectivity index (χ4v) is 4.79. The number of nitrogens with zero attached hydrogens (tertiary/aromatic N) is 2. The van der Waals surface area contributed by atoms with Crippen LogP contribution in [0.4, 0.5) is 0 Å². The summed E-state index contributed by atoms with van der Waals surface area (Å²) in [6, 6.07) is 14.9. The average Bonchev–Trinajstić information content (AvgIpc) is 3.14. The second-order valence-corrected chi connectivity index (χ2v) is 7.77. The van der Waals surface area contributed by atoms with Gasteiger partial charge in [-0.25, -0.2) is 0 Å². The predicted octanol–water partition coefficient (Wildman–Crippen LogP) is 3.05. The molecular weight excluding hydrogens is 378 g/mol. The second-order valence-electron chi connectivity index (χ2n) is 7.77. The number of aromatic nitrogens is 1. The van der Waals surface area contributed by atoms with Crippen LogP contribution in [0.25, 0.3) is 10.9 Å². The van der Waals surface area contributed by atoms with Crippen LogP contribution < -0.4 is 4.74 Å². The number of amides is 2. The van der Waals surface area contributed by atoms with Gasteiger partial charge in [-0.2, -0.15) is 0 Å². The minimum atomic E-state index is -0.533. The van der Waals surface area contributed by atoms with Crippen molar-refractivity contribution >= 4 is 22.7 Å². The van der Waals surface area contributed by atoms with E-state index in [1.807, 2.05) is 42.5 Å². The maximum atomic E-state index is 13.3. The Bertz CT molecular complexity index is 1170. The Kier molecular flexibility index (Phi) is 4.35. The summed E-state index contributed by atoms with van der Waals surface area (Å²) in [6.07, 6.45) is 2.17. The van der Waals surface area contributed by atoms with E-state index < -0.39 is 6.04 Å². The first-order valence-electron chi connectivity index (χ1n) is 10.1. The van der Waals surface area contributed by atoms with E-state index in [2.05, 4.69) is 17.6 Å². The summed E-state index contributed by atoms with van der Waals surface area (Å²) in [5.41, 5.74) is 4.00. The lowest BCUT2D eigenvalue weighted by Gasteiger charge is -2.47. The summed E-state index contributed by atoms with van der Waals surface area (Å²) < 4.78 is 5.43. The molecule has 30 heavy (non-hydrogen) atoms. The number of para-hydroxylation sites is 1. The average molecular weight is 401 g/mol. The first kappa shape index (κ1) is 18.5. The minimum Gasteiger partial charge on any atom is -0.497 e. The van der Waals surface area contributed by atoms with Crippen LogP contribution in [0.1, 0.15) is 22.9 Å². The van der Waals surface area contributed by atoms with Crippen molar-refractivity contribution < 1.29 is 14.3 Å². The summed E-state index contributed by atoms with van der Waals surface area (Å²) in [4.78, 5) is 33.5. The molecule has 2 aliphatic rings. The molecule has 2 aliphatic heterocycles. The molecule has 0 aliphatic carbocycles. The number of hydrogen-bond donors (Lipinski definition) is 1. The molecule has 1 N–H and O–H groups in total. The van der Waals surface area contributed by atoms with Gasteiger partial charge < -0.3 is 19.5 Å². The summed E-state index contributed by atoms with van der Waals surface area (Å²) in [7, 11) is 1.62. The maximum Gasteiger partial charge on any atom is 0.246 e. The number of nitrogens with one attached hydrogen (secondary N) is 1. The molecule has 2 atom stereocenters. The monoisotopic (exact) mass is 401 g/mol. The van der Waals surface area contributed by atoms with E-state index in [0.29, 0.717) is 13.0 Å². The van der Waals surface area contributed by atoms with E-state index in [1.165, 1.54) is 0 Å². The zero-order valence-electron chi connectivity index (χ0n) is 16.8. The van der Waals surface area contributed by atoms with Crippen molar-refractivity contribution in [1.82, 2.24) is 14.8 Å². The van der Waals surface area contributed by atoms with Crippen molar-refractivity contribution in [2.24, 2.45) is 0 Å². The van der Waals surface area contributed by atoms with Crippen molar-refractivity contribution in [1.29, 1.82) is 0 Å². The first-order valence-corrected chi connectivity index (χ1v) is 10.1. The van der Waals surface area contributed by atoms with Gasteiger partial charge in [0.2, 0.25) is 11.8 Å². The molecule has 0 saturated carbocycles. The van der Waals surface area contributed by atoms with Crippen LogP contribution in [0.3, 0.4) is 0 Å². The quantitative estimate of drug-likeness (QED) is 0.684. The topological polar surface area (TPSA) is 65.6 Å². The van der Waals surface area contributed by atoms with Gasteiger partial charge in [0.15, 0.2) is 0 Å². The number of hydrogen-bond acceptors (Lipinski definition) is 3. The highest BCUT2D eigenvalue weighted by atomic mass is 16.5. The molecular formula is C24H23N3O3. The van der Waals surface area contributed by atoms with Crippen LogP contribution in [0.2, 0.25) is 0 Å². The number of H-pyrrole nitrogens is 1. The van der Waals surface area contributed by atoms with E-state index in [4.69, 9.17) is 4.74 Å². The normalized spacial score (nSPS) is 20.8. The zero-order chi connectivity index (χ0) is 20.8. The molecule has 3 heterocycles. The molecule has 152 valence electrons. The van der Waals surface area contributed by atoms with Gasteiger partial charge in [-0.1, -0.05) is 36.4 Å². The third-order valence-corrected chi connectivity index (χ3v) is 6.10. The molecule has 5 rings (SSSR count). The van der Waals surface area contributed by atoms with Gasteiger partial charge in [-0.3, -0.25) is 9.59 Å². The Morgan fingerprint density at radius 1 is 1.20 bits per heavy atom. The zero-order valence-corrected chi connectivity index (χ0v) is 16.8. The Labute approximate surface area is 174 Å². The standard InChI is InChI=1S/C24H23N3O3/c1-3-11-26-14-21(28)27-20(24(26)29)13-18-17-9-4-5-10-19(17)25-22(18)23(27)15-7-6-8-16(12-15)30-2/h3-10,12,20,23,25H,1,11,13-14H2,2H3. The number of rotatable bonds is 4. The number of carbonyl (C=O) groups is 2. The van der Waals surface area contributed by atoms with Crippen molar-refractivity contribution in [3.05, 3.63) is 78.0 Å². The van der Waals surface area contributed by atoms with Crippen LogP contribution >= 0.6 is 0 Å². The van der Waals surface area contributed by atoms with Crippen molar-refractivity contribution in [3.63, 3.8) is 0 Å². The van der Waals surface area contributed by atoms with Crippen LogP contribution in [-0.4, -0.2) is 52.8 Å². The number of piperazine rings is 1. The van der Waals surface area contributed by atoms with Crippen molar-refractivity contribution in [3.8, 4) is 5.75 Å². The summed E-state index contributed by atoms with van der Waals surface area (Å²) in [5, 5.41) is 1.10. The van der Waals surface area contributed by atoms with Crippen LogP contribution in [0.15, 0.2) is 61.2 Å². The number of aromatic amines is 1. The highest BCUT2D eigenvalue weighted by molar-refractivity contribution is 5.97. The molecule has 0 spiro atoms. The van der Waals surface area contributed by atoms with E-state index >= 15 is 0 Å². The lowest BCUT2D eigenvalue weighted by molar-refractivity contribution is -0.158. The van der Waals surface area contributed by atoms with Gasteiger partial charge in [0.05, 0.1) is 13.2 Å². The van der Waals surface area contributed by atoms with Crippen molar-refractivity contribution in [2.75, 3.05) is 20.2 Å². The van der Waals surface area contributed by atoms with Crippen molar-refractivity contribution in [2.45, 2.75) is 18.5 Å². The fourth-order valence-electron chi connectivity index (χ4n) is 4.79. The predicted molar refractivity (Wildman–Crippen MR) is 114 cm³/mol. The lowest BCUT2D eigenvalue weighted by Crippen LogP contribution is -2.62. The molecule has 1 saturated heterocycles. The van der Waals surface area contributed by atoms with Gasteiger partial charge in [-0.05, 0) is 29.3 Å². The SMILES string of the molecule is C=CCN1CC(=O)N2C(Cc3c([nH]c4ccccc34)C2c2cccc(OC)c2)C1=O.